The molecule has 2 aliphatic rings. The maximum Gasteiger partial charge on any atom is 0.319 e. The third-order valence-electron chi connectivity index (χ3n) is 8.38. The zero-order valence-electron chi connectivity index (χ0n) is 24.1. The van der Waals surface area contributed by atoms with E-state index in [1.807, 2.05) is 43.3 Å². The average Bonchev–Trinajstić information content (AvgIpc) is 3.40. The summed E-state index contributed by atoms with van der Waals surface area (Å²) in [4.78, 5) is 47.1. The van der Waals surface area contributed by atoms with Crippen LogP contribution in [0.1, 0.15) is 25.6 Å². The van der Waals surface area contributed by atoms with E-state index < -0.39 is 0 Å². The molecule has 0 saturated carbocycles. The Morgan fingerprint density at radius 2 is 1.90 bits per heavy atom. The number of carbonyl (C=O) groups is 1. The summed E-state index contributed by atoms with van der Waals surface area (Å²) < 4.78 is 7.73. The van der Waals surface area contributed by atoms with Crippen LogP contribution in [0.5, 0.6) is 6.01 Å². The van der Waals surface area contributed by atoms with Crippen LogP contribution in [0, 0.1) is 6.92 Å². The molecular formula is C31H34ClN7O3. The first-order chi connectivity index (χ1) is 20.3. The molecule has 0 radical (unpaired) electrons. The highest BCUT2D eigenvalue weighted by Gasteiger charge is 2.31. The van der Waals surface area contributed by atoms with Gasteiger partial charge in [-0.05, 0) is 63.9 Å². The summed E-state index contributed by atoms with van der Waals surface area (Å²) in [6.07, 6.45) is 3.48. The first-order valence-corrected chi connectivity index (χ1v) is 14.6. The third-order valence-corrected chi connectivity index (χ3v) is 8.70. The maximum absolute atomic E-state index is 14.3. The van der Waals surface area contributed by atoms with Crippen molar-refractivity contribution in [1.29, 1.82) is 0 Å². The van der Waals surface area contributed by atoms with Crippen molar-refractivity contribution in [3.8, 4) is 11.7 Å². The van der Waals surface area contributed by atoms with Gasteiger partial charge in [0.15, 0.2) is 11.3 Å². The van der Waals surface area contributed by atoms with Crippen molar-refractivity contribution in [2.75, 3.05) is 44.7 Å². The first-order valence-electron chi connectivity index (χ1n) is 14.3. The van der Waals surface area contributed by atoms with Crippen molar-refractivity contribution < 1.29 is 9.53 Å². The number of aromatic nitrogens is 4. The molecule has 1 amide bonds. The number of rotatable bonds is 6. The van der Waals surface area contributed by atoms with E-state index in [4.69, 9.17) is 26.3 Å². The summed E-state index contributed by atoms with van der Waals surface area (Å²) in [5.41, 5.74) is 0.877. The fraction of sp³-hybridized carbons (Fsp3) is 0.387. The van der Waals surface area contributed by atoms with Gasteiger partial charge in [-0.2, -0.15) is 9.97 Å². The van der Waals surface area contributed by atoms with E-state index in [1.54, 1.807) is 16.4 Å². The number of amides is 1. The smallest absolute Gasteiger partial charge is 0.319 e. The Hall–Kier alpha value is -4.02. The minimum absolute atomic E-state index is 0.0871. The van der Waals surface area contributed by atoms with E-state index >= 15 is 0 Å². The van der Waals surface area contributed by atoms with Crippen molar-refractivity contribution in [2.45, 2.75) is 38.8 Å². The molecule has 2 fully saturated rings. The Balaban J connectivity index is 1.50. The highest BCUT2D eigenvalue weighted by atomic mass is 35.5. The van der Waals surface area contributed by atoms with Gasteiger partial charge in [-0.15, -0.1) is 0 Å². The molecule has 2 aromatic carbocycles. The lowest BCUT2D eigenvalue weighted by molar-refractivity contribution is -0.126. The van der Waals surface area contributed by atoms with E-state index in [0.29, 0.717) is 54.1 Å². The van der Waals surface area contributed by atoms with Crippen molar-refractivity contribution in [1.82, 2.24) is 29.3 Å². The molecule has 0 bridgehead atoms. The van der Waals surface area contributed by atoms with Crippen LogP contribution in [0.4, 0.5) is 5.82 Å². The van der Waals surface area contributed by atoms with Crippen LogP contribution in [0.3, 0.4) is 0 Å². The molecule has 4 aromatic rings. The first kappa shape index (κ1) is 28.1. The molecule has 1 unspecified atom stereocenters. The fourth-order valence-corrected chi connectivity index (χ4v) is 6.39. The van der Waals surface area contributed by atoms with Gasteiger partial charge in [0.1, 0.15) is 17.9 Å². The Labute approximate surface area is 249 Å². The summed E-state index contributed by atoms with van der Waals surface area (Å²) in [6.45, 7) is 10.4. The molecule has 2 atom stereocenters. The van der Waals surface area contributed by atoms with E-state index in [1.165, 1.54) is 6.08 Å². The van der Waals surface area contributed by atoms with Gasteiger partial charge >= 0.3 is 6.01 Å². The predicted octanol–water partition coefficient (Wildman–Crippen LogP) is 3.99. The van der Waals surface area contributed by atoms with Crippen molar-refractivity contribution >= 4 is 45.1 Å². The number of nitrogens with zero attached hydrogens (tertiary/aromatic N) is 7. The molecular weight excluding hydrogens is 554 g/mol. The molecule has 2 aromatic heterocycles. The summed E-state index contributed by atoms with van der Waals surface area (Å²) in [7, 11) is 2.08. The van der Waals surface area contributed by atoms with Gasteiger partial charge in [0.2, 0.25) is 5.91 Å². The Bertz CT molecular complexity index is 1750. The summed E-state index contributed by atoms with van der Waals surface area (Å²) in [6, 6.07) is 11.7. The van der Waals surface area contributed by atoms with E-state index in [0.717, 1.165) is 30.2 Å². The van der Waals surface area contributed by atoms with Gasteiger partial charge in [0.05, 0.1) is 10.7 Å². The number of fused-ring (bicyclic) bond motifs is 2. The van der Waals surface area contributed by atoms with Gasteiger partial charge < -0.3 is 19.4 Å². The number of likely N-dealkylation sites (N-methyl/N-ethyl adjacent to an activating group) is 1. The molecule has 0 N–H and O–H groups in total. The van der Waals surface area contributed by atoms with Crippen LogP contribution >= 0.6 is 11.6 Å². The molecule has 4 heterocycles. The molecule has 0 aliphatic carbocycles. The number of aryl methyl sites for hydroxylation is 1. The average molecular weight is 588 g/mol. The van der Waals surface area contributed by atoms with Crippen LogP contribution in [0.15, 0.2) is 53.8 Å². The van der Waals surface area contributed by atoms with Crippen molar-refractivity contribution in [2.24, 2.45) is 0 Å². The number of halogens is 1. The van der Waals surface area contributed by atoms with Gasteiger partial charge in [-0.25, -0.2) is 4.98 Å². The number of ether oxygens (including phenoxy) is 1. The second kappa shape index (κ2) is 11.3. The zero-order valence-corrected chi connectivity index (χ0v) is 24.8. The van der Waals surface area contributed by atoms with E-state index in [2.05, 4.69) is 28.4 Å². The zero-order chi connectivity index (χ0) is 29.5. The minimum atomic E-state index is -0.329. The lowest BCUT2D eigenvalue weighted by Crippen LogP contribution is -2.53. The molecule has 2 aliphatic heterocycles. The molecule has 11 heteroatoms. The monoisotopic (exact) mass is 587 g/mol. The van der Waals surface area contributed by atoms with E-state index in [-0.39, 0.29) is 35.1 Å². The largest absolute Gasteiger partial charge is 0.462 e. The number of hydrogen-bond acceptors (Lipinski definition) is 8. The minimum Gasteiger partial charge on any atom is -0.462 e. The van der Waals surface area contributed by atoms with Gasteiger partial charge in [0.25, 0.3) is 5.56 Å². The van der Waals surface area contributed by atoms with Gasteiger partial charge in [-0.1, -0.05) is 42.4 Å². The highest BCUT2D eigenvalue weighted by Crippen LogP contribution is 2.31. The molecule has 0 spiro atoms. The number of carbonyl (C=O) groups excluding carboxylic acids is 1. The van der Waals surface area contributed by atoms with Crippen LogP contribution in [-0.4, -0.2) is 87.1 Å². The van der Waals surface area contributed by atoms with Crippen LogP contribution < -0.4 is 15.2 Å². The van der Waals surface area contributed by atoms with Crippen molar-refractivity contribution in [3.05, 3.63) is 70.3 Å². The standard InChI is InChI=1S/C31H34ClN7O3/c1-5-25(40)37-15-16-38(19(2)17-37)29-27-28(34-31(35-29)42-18-22-11-8-14-36(22)4)30(41)39(20(3)33-27)24-13-7-10-21-9-6-12-23(32)26(21)24/h5-7,9-10,12-13,19,22H,1,8,11,14-18H2,2-4H3/t19-,22?/m0/s1. The predicted molar refractivity (Wildman–Crippen MR) is 165 cm³/mol. The summed E-state index contributed by atoms with van der Waals surface area (Å²) >= 11 is 6.64. The quantitative estimate of drug-likeness (QED) is 0.313. The highest BCUT2D eigenvalue weighted by molar-refractivity contribution is 6.36. The Morgan fingerprint density at radius 1 is 1.12 bits per heavy atom. The normalized spacial score (nSPS) is 19.5. The maximum atomic E-state index is 14.3. The molecule has 2 saturated heterocycles. The van der Waals surface area contributed by atoms with Gasteiger partial charge in [-0.3, -0.25) is 14.2 Å². The van der Waals surface area contributed by atoms with Crippen LogP contribution in [0.25, 0.3) is 27.5 Å². The number of likely N-dealkylation sites (tertiary alicyclic amines) is 1. The number of piperazine rings is 1. The molecule has 10 nitrogen and oxygen atoms in total. The second-order valence-electron chi connectivity index (χ2n) is 11.1. The van der Waals surface area contributed by atoms with Crippen LogP contribution in [-0.2, 0) is 4.79 Å². The second-order valence-corrected chi connectivity index (χ2v) is 11.5. The third kappa shape index (κ3) is 4.98. The lowest BCUT2D eigenvalue weighted by Gasteiger charge is -2.40. The summed E-state index contributed by atoms with van der Waals surface area (Å²) in [5, 5.41) is 2.23. The summed E-state index contributed by atoms with van der Waals surface area (Å²) in [5.74, 6) is 0.903. The molecule has 42 heavy (non-hydrogen) atoms. The molecule has 218 valence electrons. The topological polar surface area (TPSA) is 96.7 Å². The number of hydrogen-bond donors (Lipinski definition) is 0. The Kier molecular flexibility index (Phi) is 7.59. The Morgan fingerprint density at radius 3 is 2.62 bits per heavy atom. The SMILES string of the molecule is C=CC(=O)N1CCN(c2nc(OCC3CCCN3C)nc3c(=O)n(-c4cccc5cccc(Cl)c45)c(C)nc23)[C@@H](C)C1. The fourth-order valence-electron chi connectivity index (χ4n) is 6.11. The van der Waals surface area contributed by atoms with Gasteiger partial charge in [0, 0.05) is 37.1 Å². The molecule has 6 rings (SSSR count). The lowest BCUT2D eigenvalue weighted by atomic mass is 10.1. The van der Waals surface area contributed by atoms with Crippen molar-refractivity contribution in [3.63, 3.8) is 0 Å². The number of benzene rings is 2. The van der Waals surface area contributed by atoms with Crippen LogP contribution in [0.2, 0.25) is 5.02 Å². The van der Waals surface area contributed by atoms with E-state index in [9.17, 15) is 9.59 Å². The number of anilines is 1.